The molecule has 0 spiro atoms. The predicted octanol–water partition coefficient (Wildman–Crippen LogP) is 2.25. The fraction of sp³-hybridized carbons (Fsp3) is 0.462. The van der Waals surface area contributed by atoms with Gasteiger partial charge in [0.2, 0.25) is 0 Å². The summed E-state index contributed by atoms with van der Waals surface area (Å²) in [4.78, 5) is 12.0. The Balaban J connectivity index is 2.26. The second kappa shape index (κ2) is 3.24. The maximum atomic E-state index is 12.0. The van der Waals surface area contributed by atoms with Crippen LogP contribution in [-0.4, -0.2) is 20.0 Å². The van der Waals surface area contributed by atoms with E-state index in [1.165, 1.54) is 0 Å². The molecule has 3 nitrogen and oxygen atoms in total. The molecule has 0 unspecified atom stereocenters. The van der Waals surface area contributed by atoms with Crippen molar-refractivity contribution in [2.75, 3.05) is 14.2 Å². The lowest BCUT2D eigenvalue weighted by Gasteiger charge is -2.19. The molecule has 2 aliphatic carbocycles. The van der Waals surface area contributed by atoms with Crippen LogP contribution in [0.2, 0.25) is 0 Å². The highest BCUT2D eigenvalue weighted by Crippen LogP contribution is 2.56. The molecule has 1 saturated carbocycles. The standard InChI is InChI=1S/C13H14O3/c1-15-9-5-6-10(16-2)12-8-4-3-7(11(9)12)13(8)14/h5-8H,3-4H2,1-2H3/t7-,8+. The van der Waals surface area contributed by atoms with Crippen molar-refractivity contribution >= 4 is 5.78 Å². The van der Waals surface area contributed by atoms with Gasteiger partial charge in [-0.1, -0.05) is 0 Å². The topological polar surface area (TPSA) is 35.5 Å². The number of methoxy groups -OCH3 is 2. The third-order valence-corrected chi connectivity index (χ3v) is 3.77. The highest BCUT2D eigenvalue weighted by molar-refractivity contribution is 6.00. The van der Waals surface area contributed by atoms with E-state index in [0.29, 0.717) is 5.78 Å². The van der Waals surface area contributed by atoms with Crippen LogP contribution in [0.15, 0.2) is 12.1 Å². The Morgan fingerprint density at radius 2 is 1.44 bits per heavy atom. The average molecular weight is 218 g/mol. The highest BCUT2D eigenvalue weighted by atomic mass is 16.5. The number of Topliss-reactive ketones (excluding diaryl/α,β-unsaturated/α-hetero) is 1. The fourth-order valence-electron chi connectivity index (χ4n) is 3.11. The number of carbonyl (C=O) groups excluding carboxylic acids is 1. The fourth-order valence-corrected chi connectivity index (χ4v) is 3.11. The molecule has 0 radical (unpaired) electrons. The first-order chi connectivity index (χ1) is 7.77. The number of ether oxygens (including phenoxy) is 2. The smallest absolute Gasteiger partial charge is 0.148 e. The first-order valence-corrected chi connectivity index (χ1v) is 5.56. The van der Waals surface area contributed by atoms with Gasteiger partial charge in [0.25, 0.3) is 0 Å². The van der Waals surface area contributed by atoms with Crippen LogP contribution in [0.1, 0.15) is 35.8 Å². The quantitative estimate of drug-likeness (QED) is 0.763. The molecule has 16 heavy (non-hydrogen) atoms. The number of carbonyl (C=O) groups is 1. The number of rotatable bonds is 2. The molecule has 2 aliphatic rings. The van der Waals surface area contributed by atoms with Gasteiger partial charge in [-0.2, -0.15) is 0 Å². The van der Waals surface area contributed by atoms with Gasteiger partial charge in [0.05, 0.1) is 14.2 Å². The van der Waals surface area contributed by atoms with Crippen LogP contribution in [0, 0.1) is 0 Å². The molecule has 2 atom stereocenters. The van der Waals surface area contributed by atoms with E-state index in [4.69, 9.17) is 9.47 Å². The zero-order chi connectivity index (χ0) is 11.3. The molecule has 0 saturated heterocycles. The van der Waals surface area contributed by atoms with E-state index < -0.39 is 0 Å². The molecule has 2 bridgehead atoms. The molecule has 3 rings (SSSR count). The minimum absolute atomic E-state index is 0.0463. The van der Waals surface area contributed by atoms with Crippen LogP contribution in [-0.2, 0) is 4.79 Å². The van der Waals surface area contributed by atoms with Crippen LogP contribution in [0.4, 0.5) is 0 Å². The van der Waals surface area contributed by atoms with Crippen LogP contribution in [0.5, 0.6) is 11.5 Å². The second-order valence-corrected chi connectivity index (χ2v) is 4.38. The number of fused-ring (bicyclic) bond motifs is 5. The summed E-state index contributed by atoms with van der Waals surface area (Å²) in [7, 11) is 3.30. The van der Waals surface area contributed by atoms with Crippen molar-refractivity contribution in [1.82, 2.24) is 0 Å². The monoisotopic (exact) mass is 218 g/mol. The van der Waals surface area contributed by atoms with E-state index in [1.54, 1.807) is 14.2 Å². The molecule has 0 aromatic heterocycles. The molecular formula is C13H14O3. The predicted molar refractivity (Wildman–Crippen MR) is 59.3 cm³/mol. The largest absolute Gasteiger partial charge is 0.496 e. The molecular weight excluding hydrogens is 204 g/mol. The SMILES string of the molecule is COc1ccc(OC)c2c1[C@@H]1CC[C@H]2C1=O. The lowest BCUT2D eigenvalue weighted by molar-refractivity contribution is -0.119. The normalized spacial score (nSPS) is 25.8. The van der Waals surface area contributed by atoms with E-state index in [-0.39, 0.29) is 11.8 Å². The summed E-state index contributed by atoms with van der Waals surface area (Å²) in [6, 6.07) is 3.79. The van der Waals surface area contributed by atoms with Crippen molar-refractivity contribution in [2.45, 2.75) is 24.7 Å². The van der Waals surface area contributed by atoms with E-state index in [1.807, 2.05) is 12.1 Å². The average Bonchev–Trinajstić information content (AvgIpc) is 2.82. The number of ketones is 1. The minimum Gasteiger partial charge on any atom is -0.496 e. The maximum Gasteiger partial charge on any atom is 0.148 e. The Hall–Kier alpha value is -1.51. The summed E-state index contributed by atoms with van der Waals surface area (Å²) in [5.74, 6) is 2.10. The summed E-state index contributed by atoms with van der Waals surface area (Å²) in [6.07, 6.45) is 1.92. The summed E-state index contributed by atoms with van der Waals surface area (Å²) in [5, 5.41) is 0. The number of hydrogen-bond acceptors (Lipinski definition) is 3. The van der Waals surface area contributed by atoms with Gasteiger partial charge in [0.1, 0.15) is 17.3 Å². The lowest BCUT2D eigenvalue weighted by Crippen LogP contribution is -2.03. The molecule has 3 heteroatoms. The zero-order valence-corrected chi connectivity index (χ0v) is 9.45. The van der Waals surface area contributed by atoms with Crippen molar-refractivity contribution in [2.24, 2.45) is 0 Å². The highest BCUT2D eigenvalue weighted by Gasteiger charge is 2.48. The van der Waals surface area contributed by atoms with E-state index in [9.17, 15) is 4.79 Å². The van der Waals surface area contributed by atoms with Crippen molar-refractivity contribution in [1.29, 1.82) is 0 Å². The van der Waals surface area contributed by atoms with Gasteiger partial charge in [-0.05, 0) is 25.0 Å². The molecule has 84 valence electrons. The van der Waals surface area contributed by atoms with Gasteiger partial charge >= 0.3 is 0 Å². The van der Waals surface area contributed by atoms with Gasteiger partial charge in [0.15, 0.2) is 0 Å². The van der Waals surface area contributed by atoms with E-state index in [2.05, 4.69) is 0 Å². The molecule has 0 aliphatic heterocycles. The van der Waals surface area contributed by atoms with Gasteiger partial charge in [-0.15, -0.1) is 0 Å². The maximum absolute atomic E-state index is 12.0. The minimum atomic E-state index is 0.0463. The molecule has 1 aromatic rings. The summed E-state index contributed by atoms with van der Waals surface area (Å²) in [6.45, 7) is 0. The van der Waals surface area contributed by atoms with Gasteiger partial charge in [-0.25, -0.2) is 0 Å². The molecule has 0 N–H and O–H groups in total. The first-order valence-electron chi connectivity index (χ1n) is 5.56. The second-order valence-electron chi connectivity index (χ2n) is 4.38. The lowest BCUT2D eigenvalue weighted by atomic mass is 9.90. The zero-order valence-electron chi connectivity index (χ0n) is 9.45. The van der Waals surface area contributed by atoms with E-state index in [0.717, 1.165) is 35.5 Å². The summed E-state index contributed by atoms with van der Waals surface area (Å²) >= 11 is 0. The number of hydrogen-bond donors (Lipinski definition) is 0. The Morgan fingerprint density at radius 1 is 1.00 bits per heavy atom. The van der Waals surface area contributed by atoms with Crippen molar-refractivity contribution in [3.63, 3.8) is 0 Å². The van der Waals surface area contributed by atoms with Gasteiger partial charge in [-0.3, -0.25) is 4.79 Å². The van der Waals surface area contributed by atoms with Crippen LogP contribution < -0.4 is 9.47 Å². The Labute approximate surface area is 94.4 Å². The summed E-state index contributed by atoms with van der Waals surface area (Å²) in [5.41, 5.74) is 2.14. The molecule has 1 aromatic carbocycles. The Morgan fingerprint density at radius 3 is 1.81 bits per heavy atom. The van der Waals surface area contributed by atoms with Crippen LogP contribution >= 0.6 is 0 Å². The van der Waals surface area contributed by atoms with Crippen LogP contribution in [0.3, 0.4) is 0 Å². The Kier molecular flexibility index (Phi) is 1.96. The van der Waals surface area contributed by atoms with Gasteiger partial charge < -0.3 is 9.47 Å². The third-order valence-electron chi connectivity index (χ3n) is 3.77. The molecule has 0 amide bonds. The number of benzene rings is 1. The van der Waals surface area contributed by atoms with Crippen LogP contribution in [0.25, 0.3) is 0 Å². The van der Waals surface area contributed by atoms with Crippen molar-refractivity contribution in [3.05, 3.63) is 23.3 Å². The van der Waals surface area contributed by atoms with Crippen molar-refractivity contribution < 1.29 is 14.3 Å². The molecule has 1 fully saturated rings. The third kappa shape index (κ3) is 1.01. The van der Waals surface area contributed by atoms with E-state index >= 15 is 0 Å². The first kappa shape index (κ1) is 9.70. The molecule has 0 heterocycles. The van der Waals surface area contributed by atoms with Gasteiger partial charge in [0, 0.05) is 23.0 Å². The Bertz CT molecular complexity index is 423. The summed E-state index contributed by atoms with van der Waals surface area (Å²) < 4.78 is 10.7. The van der Waals surface area contributed by atoms with Crippen molar-refractivity contribution in [3.8, 4) is 11.5 Å².